The fourth-order valence-corrected chi connectivity index (χ4v) is 4.44. The van der Waals surface area contributed by atoms with Crippen molar-refractivity contribution >= 4 is 27.6 Å². The van der Waals surface area contributed by atoms with Crippen molar-refractivity contribution in [3.05, 3.63) is 65.2 Å². The number of hydrogen-bond donors (Lipinski definition) is 2. The van der Waals surface area contributed by atoms with Crippen molar-refractivity contribution in [2.75, 3.05) is 24.7 Å². The van der Waals surface area contributed by atoms with Gasteiger partial charge >= 0.3 is 6.03 Å². The molecule has 32 heavy (non-hydrogen) atoms. The molecule has 3 rings (SSSR count). The number of likely N-dealkylation sites (N-methyl/N-ethyl adjacent to an activating group) is 1. The van der Waals surface area contributed by atoms with Crippen molar-refractivity contribution in [3.8, 4) is 0 Å². The minimum Gasteiger partial charge on any atom is -0.388 e. The van der Waals surface area contributed by atoms with E-state index < -0.39 is 28.2 Å². The van der Waals surface area contributed by atoms with E-state index in [1.807, 2.05) is 6.92 Å². The van der Waals surface area contributed by atoms with E-state index in [4.69, 9.17) is 0 Å². The summed E-state index contributed by atoms with van der Waals surface area (Å²) in [5.74, 6) is -0.370. The lowest BCUT2D eigenvalue weighted by Crippen LogP contribution is -2.30. The van der Waals surface area contributed by atoms with Gasteiger partial charge in [0.25, 0.3) is 5.91 Å². The average molecular weight is 460 g/mol. The lowest BCUT2D eigenvalue weighted by Gasteiger charge is -2.23. The molecule has 2 unspecified atom stereocenters. The molecule has 2 N–H and O–H groups in total. The monoisotopic (exact) mass is 459 g/mol. The first-order valence-corrected chi connectivity index (χ1v) is 12.2. The summed E-state index contributed by atoms with van der Waals surface area (Å²) in [6.07, 6.45) is 1.27. The molecule has 0 radical (unpaired) electrons. The summed E-state index contributed by atoms with van der Waals surface area (Å²) in [6.45, 7) is 2.00. The number of amides is 3. The summed E-state index contributed by atoms with van der Waals surface area (Å²) in [7, 11) is -0.476. The molecule has 8 nitrogen and oxygen atoms in total. The zero-order valence-electron chi connectivity index (χ0n) is 18.5. The van der Waals surface area contributed by atoms with E-state index in [-0.39, 0.29) is 11.7 Å². The van der Waals surface area contributed by atoms with Crippen LogP contribution < -0.4 is 9.62 Å². The second-order valence-corrected chi connectivity index (χ2v) is 9.91. The van der Waals surface area contributed by atoms with Gasteiger partial charge in [-0.25, -0.2) is 17.9 Å². The summed E-state index contributed by atoms with van der Waals surface area (Å²) < 4.78 is 25.6. The van der Waals surface area contributed by atoms with Gasteiger partial charge in [0.1, 0.15) is 6.04 Å². The number of nitrogens with zero attached hydrogens (tertiary/aromatic N) is 2. The molecular formula is C23H29N3O5S. The number of aliphatic hydroxyl groups excluding tert-OH is 1. The number of imide groups is 1. The number of urea groups is 1. The third kappa shape index (κ3) is 5.01. The predicted octanol–water partition coefficient (Wildman–Crippen LogP) is 2.75. The van der Waals surface area contributed by atoms with Crippen LogP contribution in [0.3, 0.4) is 0 Å². The van der Waals surface area contributed by atoms with Gasteiger partial charge in [-0.1, -0.05) is 49.7 Å². The van der Waals surface area contributed by atoms with Crippen molar-refractivity contribution in [1.29, 1.82) is 0 Å². The van der Waals surface area contributed by atoms with Crippen molar-refractivity contribution in [1.82, 2.24) is 9.62 Å². The molecule has 1 aliphatic heterocycles. The van der Waals surface area contributed by atoms with E-state index in [9.17, 15) is 23.1 Å². The highest BCUT2D eigenvalue weighted by Gasteiger charge is 2.44. The fraction of sp³-hybridized carbons (Fsp3) is 0.391. The summed E-state index contributed by atoms with van der Waals surface area (Å²) in [5, 5.41) is 10.2. The van der Waals surface area contributed by atoms with Crippen molar-refractivity contribution in [2.24, 2.45) is 0 Å². The Kier molecular flexibility index (Phi) is 7.33. The molecule has 0 spiro atoms. The van der Waals surface area contributed by atoms with E-state index in [0.717, 1.165) is 22.4 Å². The van der Waals surface area contributed by atoms with E-state index in [2.05, 4.69) is 4.72 Å². The Labute approximate surface area is 188 Å². The van der Waals surface area contributed by atoms with Crippen LogP contribution >= 0.6 is 0 Å². The maximum Gasteiger partial charge on any atom is 0.332 e. The van der Waals surface area contributed by atoms with E-state index in [0.29, 0.717) is 24.1 Å². The Morgan fingerprint density at radius 2 is 1.69 bits per heavy atom. The molecule has 1 heterocycles. The van der Waals surface area contributed by atoms with E-state index >= 15 is 0 Å². The molecule has 0 aromatic heterocycles. The second-order valence-electron chi connectivity index (χ2n) is 7.86. The summed E-state index contributed by atoms with van der Waals surface area (Å²) in [4.78, 5) is 28.3. The fourth-order valence-electron chi connectivity index (χ4n) is 3.73. The van der Waals surface area contributed by atoms with Gasteiger partial charge in [-0.2, -0.15) is 0 Å². The Hall–Kier alpha value is -2.75. The normalized spacial score (nSPS) is 17.8. The maximum atomic E-state index is 12.9. The predicted molar refractivity (Wildman–Crippen MR) is 123 cm³/mol. The number of carbonyl (C=O) groups excluding carboxylic acids is 2. The van der Waals surface area contributed by atoms with Crippen LogP contribution in [0.25, 0.3) is 0 Å². The first-order valence-electron chi connectivity index (χ1n) is 10.6. The molecule has 2 aromatic rings. The number of benzene rings is 2. The van der Waals surface area contributed by atoms with Crippen molar-refractivity contribution < 1.29 is 23.1 Å². The number of hydrogen-bond acceptors (Lipinski definition) is 5. The summed E-state index contributed by atoms with van der Waals surface area (Å²) in [6, 6.07) is 12.8. The lowest BCUT2D eigenvalue weighted by molar-refractivity contribution is -0.126. The number of aliphatic hydroxyl groups is 1. The van der Waals surface area contributed by atoms with Crippen LogP contribution in [0.1, 0.15) is 48.6 Å². The van der Waals surface area contributed by atoms with Crippen LogP contribution in [-0.4, -0.2) is 50.2 Å². The Morgan fingerprint density at radius 3 is 2.25 bits per heavy atom. The van der Waals surface area contributed by atoms with Crippen LogP contribution in [0.15, 0.2) is 48.5 Å². The van der Waals surface area contributed by atoms with Crippen LogP contribution in [0.5, 0.6) is 0 Å². The maximum absolute atomic E-state index is 12.9. The van der Waals surface area contributed by atoms with Gasteiger partial charge < -0.3 is 5.11 Å². The molecular weight excluding hydrogens is 430 g/mol. The minimum atomic E-state index is -3.31. The minimum absolute atomic E-state index is 0.0330. The van der Waals surface area contributed by atoms with Gasteiger partial charge in [-0.05, 0) is 48.7 Å². The van der Waals surface area contributed by atoms with Crippen LogP contribution in [0.2, 0.25) is 0 Å². The molecule has 1 fully saturated rings. The largest absolute Gasteiger partial charge is 0.388 e. The zero-order chi connectivity index (χ0) is 23.5. The number of nitrogens with one attached hydrogen (secondary N) is 1. The highest BCUT2D eigenvalue weighted by atomic mass is 32.2. The summed E-state index contributed by atoms with van der Waals surface area (Å²) >= 11 is 0. The molecule has 0 aliphatic carbocycles. The summed E-state index contributed by atoms with van der Waals surface area (Å²) in [5.41, 5.74) is 2.79. The number of carbonyl (C=O) groups is 2. The van der Waals surface area contributed by atoms with Gasteiger partial charge in [0.2, 0.25) is 10.0 Å². The Balaban J connectivity index is 1.85. The van der Waals surface area contributed by atoms with E-state index in [1.165, 1.54) is 19.0 Å². The number of anilines is 1. The smallest absolute Gasteiger partial charge is 0.332 e. The highest BCUT2D eigenvalue weighted by Crippen LogP contribution is 2.35. The Morgan fingerprint density at radius 1 is 1.06 bits per heavy atom. The first kappa shape index (κ1) is 23.9. The molecule has 3 amide bonds. The first-order chi connectivity index (χ1) is 15.2. The lowest BCUT2D eigenvalue weighted by atomic mass is 10.0. The molecule has 0 saturated carbocycles. The number of rotatable bonds is 9. The quantitative estimate of drug-likeness (QED) is 0.561. The number of aryl methyl sites for hydroxylation is 1. The van der Waals surface area contributed by atoms with Crippen molar-refractivity contribution in [2.45, 2.75) is 38.3 Å². The third-order valence-corrected chi connectivity index (χ3v) is 7.06. The van der Waals surface area contributed by atoms with Gasteiger partial charge in [0, 0.05) is 12.7 Å². The molecule has 1 aliphatic rings. The van der Waals surface area contributed by atoms with E-state index in [1.54, 1.807) is 48.5 Å². The van der Waals surface area contributed by atoms with Crippen LogP contribution in [0.4, 0.5) is 10.5 Å². The van der Waals surface area contributed by atoms with Gasteiger partial charge in [-0.15, -0.1) is 0 Å². The molecule has 2 aromatic carbocycles. The third-order valence-electron chi connectivity index (χ3n) is 5.70. The second kappa shape index (κ2) is 9.81. The van der Waals surface area contributed by atoms with Gasteiger partial charge in [0.15, 0.2) is 0 Å². The Bertz CT molecular complexity index is 1070. The van der Waals surface area contributed by atoms with Gasteiger partial charge in [0.05, 0.1) is 11.9 Å². The van der Waals surface area contributed by atoms with Crippen LogP contribution in [-0.2, 0) is 21.2 Å². The topological polar surface area (TPSA) is 107 Å². The van der Waals surface area contributed by atoms with Crippen molar-refractivity contribution in [3.63, 3.8) is 0 Å². The highest BCUT2D eigenvalue weighted by molar-refractivity contribution is 7.89. The standard InChI is InChI=1S/C23H29N3O5S/c1-4-5-20(27)17-10-12-19(13-11-17)26-21(22(28)25(3)23(26)29)18-8-6-16(7-9-18)14-15-32(30,31)24-2/h6-13,20-21,24,27H,4-5,14-15H2,1-3H3. The molecule has 9 heteroatoms. The average Bonchev–Trinajstić information content (AvgIpc) is 3.02. The molecule has 2 atom stereocenters. The molecule has 172 valence electrons. The zero-order valence-corrected chi connectivity index (χ0v) is 19.3. The molecule has 0 bridgehead atoms. The van der Waals surface area contributed by atoms with Crippen LogP contribution in [0, 0.1) is 0 Å². The SMILES string of the molecule is CCCC(O)c1ccc(N2C(=O)N(C)C(=O)C2c2ccc(CCS(=O)(=O)NC)cc2)cc1. The molecule has 1 saturated heterocycles. The number of sulfonamides is 1. The van der Waals surface area contributed by atoms with Gasteiger partial charge in [-0.3, -0.25) is 14.6 Å².